The zero-order valence-corrected chi connectivity index (χ0v) is 15.6. The molecule has 0 fully saturated rings. The maximum absolute atomic E-state index is 13.7. The number of nitrogen functional groups attached to an aromatic ring is 1. The third-order valence-electron chi connectivity index (χ3n) is 4.01. The van der Waals surface area contributed by atoms with Crippen molar-refractivity contribution in [3.05, 3.63) is 64.2 Å². The van der Waals surface area contributed by atoms with E-state index in [1.54, 1.807) is 0 Å². The van der Waals surface area contributed by atoms with Crippen LogP contribution in [0.4, 0.5) is 23.2 Å². The molecule has 29 heavy (non-hydrogen) atoms. The van der Waals surface area contributed by atoms with Gasteiger partial charge in [-0.05, 0) is 41.8 Å². The summed E-state index contributed by atoms with van der Waals surface area (Å²) in [4.78, 5) is 15.7. The Hall–Kier alpha value is -3.34. The zero-order valence-electron chi connectivity index (χ0n) is 15.6. The Morgan fingerprint density at radius 2 is 2.07 bits per heavy atom. The lowest BCUT2D eigenvalue weighted by Gasteiger charge is -2.10. The Morgan fingerprint density at radius 3 is 2.69 bits per heavy atom. The standard InChI is InChI=1S/C21H19F4N3O/c1-3-5-17-15(6-8-18(28-17)21(23,24)25)7-9-19(29)27-12-13-10-14(4-2)20(26)16(22)11-13/h2,6-11H,3,5,12,26H2,1H3,(H,27,29)/b9-7+. The SMILES string of the molecule is C#Cc1cc(CNC(=O)/C=C/c2ccc(C(F)(F)F)nc2CCC)cc(F)c1N. The molecule has 152 valence electrons. The highest BCUT2D eigenvalue weighted by molar-refractivity contribution is 5.91. The van der Waals surface area contributed by atoms with Gasteiger partial charge in [-0.1, -0.05) is 25.3 Å². The van der Waals surface area contributed by atoms with Gasteiger partial charge in [-0.15, -0.1) is 6.42 Å². The molecule has 0 spiro atoms. The number of carbonyl (C=O) groups is 1. The summed E-state index contributed by atoms with van der Waals surface area (Å²) >= 11 is 0. The number of nitrogens with one attached hydrogen (secondary N) is 1. The normalized spacial score (nSPS) is 11.4. The number of alkyl halides is 3. The fourth-order valence-electron chi connectivity index (χ4n) is 2.57. The van der Waals surface area contributed by atoms with Crippen LogP contribution in [0.15, 0.2) is 30.3 Å². The van der Waals surface area contributed by atoms with Crippen LogP contribution < -0.4 is 11.1 Å². The third kappa shape index (κ3) is 5.82. The van der Waals surface area contributed by atoms with E-state index >= 15 is 0 Å². The molecular formula is C21H19F4N3O. The molecule has 1 amide bonds. The topological polar surface area (TPSA) is 68.0 Å². The van der Waals surface area contributed by atoms with Gasteiger partial charge in [-0.3, -0.25) is 4.79 Å². The predicted molar refractivity (Wildman–Crippen MR) is 103 cm³/mol. The van der Waals surface area contributed by atoms with Crippen LogP contribution in [0.3, 0.4) is 0 Å². The molecular weight excluding hydrogens is 386 g/mol. The average Bonchev–Trinajstić information content (AvgIpc) is 2.67. The van der Waals surface area contributed by atoms with Gasteiger partial charge in [0.1, 0.15) is 11.5 Å². The minimum Gasteiger partial charge on any atom is -0.395 e. The maximum Gasteiger partial charge on any atom is 0.433 e. The molecule has 0 aliphatic carbocycles. The Balaban J connectivity index is 2.11. The quantitative estimate of drug-likeness (QED) is 0.329. The first-order valence-corrected chi connectivity index (χ1v) is 8.73. The summed E-state index contributed by atoms with van der Waals surface area (Å²) in [6.45, 7) is 1.82. The fourth-order valence-corrected chi connectivity index (χ4v) is 2.57. The Kier molecular flexibility index (Phi) is 6.99. The molecule has 3 N–H and O–H groups in total. The van der Waals surface area contributed by atoms with Gasteiger partial charge in [0.25, 0.3) is 0 Å². The first-order valence-electron chi connectivity index (χ1n) is 8.73. The summed E-state index contributed by atoms with van der Waals surface area (Å²) in [5.41, 5.74) is 5.69. The maximum atomic E-state index is 13.7. The largest absolute Gasteiger partial charge is 0.433 e. The highest BCUT2D eigenvalue weighted by atomic mass is 19.4. The van der Waals surface area contributed by atoms with Crippen molar-refractivity contribution in [3.8, 4) is 12.3 Å². The average molecular weight is 405 g/mol. The van der Waals surface area contributed by atoms with Crippen LogP contribution in [0.1, 0.15) is 41.4 Å². The summed E-state index contributed by atoms with van der Waals surface area (Å²) in [5.74, 6) is 1.08. The lowest BCUT2D eigenvalue weighted by molar-refractivity contribution is -0.141. The highest BCUT2D eigenvalue weighted by Gasteiger charge is 2.32. The lowest BCUT2D eigenvalue weighted by Crippen LogP contribution is -2.20. The molecule has 1 aromatic heterocycles. The number of pyridine rings is 1. The van der Waals surface area contributed by atoms with Crippen molar-refractivity contribution in [1.82, 2.24) is 10.3 Å². The molecule has 8 heteroatoms. The molecule has 0 saturated carbocycles. The minimum absolute atomic E-state index is 0.00212. The molecule has 0 radical (unpaired) electrons. The number of hydrogen-bond donors (Lipinski definition) is 2. The molecule has 0 bridgehead atoms. The van der Waals surface area contributed by atoms with E-state index in [0.29, 0.717) is 24.0 Å². The monoisotopic (exact) mass is 405 g/mol. The molecule has 4 nitrogen and oxygen atoms in total. The van der Waals surface area contributed by atoms with E-state index in [-0.39, 0.29) is 23.5 Å². The third-order valence-corrected chi connectivity index (χ3v) is 4.01. The van der Waals surface area contributed by atoms with Crippen molar-refractivity contribution in [2.45, 2.75) is 32.5 Å². The summed E-state index contributed by atoms with van der Waals surface area (Å²) in [5, 5.41) is 2.55. The molecule has 0 saturated heterocycles. The number of carbonyl (C=O) groups excluding carboxylic acids is 1. The second-order valence-electron chi connectivity index (χ2n) is 6.21. The van der Waals surface area contributed by atoms with Gasteiger partial charge in [0.05, 0.1) is 11.3 Å². The Labute approximate surface area is 165 Å². The van der Waals surface area contributed by atoms with Gasteiger partial charge >= 0.3 is 6.18 Å². The number of rotatable bonds is 6. The number of amides is 1. The van der Waals surface area contributed by atoms with Gasteiger partial charge in [-0.25, -0.2) is 9.37 Å². The van der Waals surface area contributed by atoms with Crippen LogP contribution in [0.2, 0.25) is 0 Å². The van der Waals surface area contributed by atoms with Crippen molar-refractivity contribution in [1.29, 1.82) is 0 Å². The number of aromatic nitrogens is 1. The smallest absolute Gasteiger partial charge is 0.395 e. The number of anilines is 1. The number of benzene rings is 1. The summed E-state index contributed by atoms with van der Waals surface area (Å²) in [6, 6.07) is 4.80. The Morgan fingerprint density at radius 1 is 1.34 bits per heavy atom. The summed E-state index contributed by atoms with van der Waals surface area (Å²) in [6.07, 6.45) is 4.24. The minimum atomic E-state index is -4.53. The van der Waals surface area contributed by atoms with E-state index in [0.717, 1.165) is 6.07 Å². The highest BCUT2D eigenvalue weighted by Crippen LogP contribution is 2.28. The van der Waals surface area contributed by atoms with Crippen molar-refractivity contribution in [2.75, 3.05) is 5.73 Å². The second-order valence-corrected chi connectivity index (χ2v) is 6.21. The van der Waals surface area contributed by atoms with Crippen molar-refractivity contribution in [3.63, 3.8) is 0 Å². The van der Waals surface area contributed by atoms with Gasteiger partial charge in [0, 0.05) is 18.3 Å². The van der Waals surface area contributed by atoms with Crippen molar-refractivity contribution < 1.29 is 22.4 Å². The van der Waals surface area contributed by atoms with Crippen LogP contribution in [-0.2, 0) is 23.9 Å². The van der Waals surface area contributed by atoms with Crippen LogP contribution in [0, 0.1) is 18.2 Å². The van der Waals surface area contributed by atoms with E-state index in [2.05, 4.69) is 16.2 Å². The molecule has 1 aromatic carbocycles. The number of nitrogens with two attached hydrogens (primary N) is 1. The molecule has 0 atom stereocenters. The van der Waals surface area contributed by atoms with Gasteiger partial charge in [0.15, 0.2) is 0 Å². The molecule has 1 heterocycles. The van der Waals surface area contributed by atoms with Crippen molar-refractivity contribution >= 4 is 17.7 Å². The first kappa shape index (κ1) is 22.0. The zero-order chi connectivity index (χ0) is 21.6. The van der Waals surface area contributed by atoms with Crippen LogP contribution in [0.25, 0.3) is 6.08 Å². The molecule has 0 unspecified atom stereocenters. The van der Waals surface area contributed by atoms with E-state index in [1.807, 2.05) is 6.92 Å². The van der Waals surface area contributed by atoms with Crippen LogP contribution >= 0.6 is 0 Å². The van der Waals surface area contributed by atoms with Crippen LogP contribution in [-0.4, -0.2) is 10.9 Å². The first-order chi connectivity index (χ1) is 13.7. The Bertz CT molecular complexity index is 975. The number of nitrogens with zero attached hydrogens (tertiary/aromatic N) is 1. The lowest BCUT2D eigenvalue weighted by atomic mass is 10.1. The number of halogens is 4. The molecule has 2 aromatic rings. The summed E-state index contributed by atoms with van der Waals surface area (Å²) < 4.78 is 52.2. The number of hydrogen-bond acceptors (Lipinski definition) is 3. The summed E-state index contributed by atoms with van der Waals surface area (Å²) in [7, 11) is 0. The predicted octanol–water partition coefficient (Wildman–Crippen LogP) is 4.09. The number of terminal acetylenes is 1. The molecule has 0 aliphatic heterocycles. The van der Waals surface area contributed by atoms with Crippen molar-refractivity contribution in [2.24, 2.45) is 0 Å². The van der Waals surface area contributed by atoms with E-state index < -0.39 is 23.6 Å². The van der Waals surface area contributed by atoms with Gasteiger partial charge < -0.3 is 11.1 Å². The fraction of sp³-hybridized carbons (Fsp3) is 0.238. The molecule has 2 rings (SSSR count). The molecule has 0 aliphatic rings. The second kappa shape index (κ2) is 9.24. The van der Waals surface area contributed by atoms with E-state index in [4.69, 9.17) is 12.2 Å². The van der Waals surface area contributed by atoms with E-state index in [9.17, 15) is 22.4 Å². The number of aryl methyl sites for hydroxylation is 1. The van der Waals surface area contributed by atoms with E-state index in [1.165, 1.54) is 30.4 Å². The van der Waals surface area contributed by atoms with Gasteiger partial charge in [-0.2, -0.15) is 13.2 Å². The van der Waals surface area contributed by atoms with Gasteiger partial charge in [0.2, 0.25) is 5.91 Å². The van der Waals surface area contributed by atoms with Crippen LogP contribution in [0.5, 0.6) is 0 Å².